The summed E-state index contributed by atoms with van der Waals surface area (Å²) in [5.41, 5.74) is 1.95. The third-order valence-corrected chi connectivity index (χ3v) is 6.78. The van der Waals surface area contributed by atoms with E-state index in [1.54, 1.807) is 12.3 Å². The number of ether oxygens (including phenoxy) is 1. The fourth-order valence-corrected chi connectivity index (χ4v) is 4.39. The number of rotatable bonds is 10. The van der Waals surface area contributed by atoms with Crippen LogP contribution in [0.4, 0.5) is 20.2 Å². The number of nitrogens with one attached hydrogen (secondary N) is 4. The molecule has 1 fully saturated rings. The largest absolute Gasteiger partial charge is 0.452 e. The van der Waals surface area contributed by atoms with Crippen LogP contribution < -0.4 is 15.4 Å². The van der Waals surface area contributed by atoms with Crippen LogP contribution in [0.15, 0.2) is 85.1 Å². The second-order valence-electron chi connectivity index (χ2n) is 9.57. The lowest BCUT2D eigenvalue weighted by Crippen LogP contribution is -2.35. The van der Waals surface area contributed by atoms with Crippen molar-refractivity contribution in [3.05, 3.63) is 108 Å². The van der Waals surface area contributed by atoms with Gasteiger partial charge < -0.3 is 30.9 Å². The van der Waals surface area contributed by atoms with Crippen molar-refractivity contribution in [3.8, 4) is 16.9 Å². The molecule has 0 saturated heterocycles. The maximum atomic E-state index is 15.1. The lowest BCUT2D eigenvalue weighted by molar-refractivity contribution is -0.131. The van der Waals surface area contributed by atoms with Crippen molar-refractivity contribution in [2.45, 2.75) is 19.4 Å². The number of halogens is 2. The first-order valence-corrected chi connectivity index (χ1v) is 12.8. The molecule has 8 nitrogen and oxygen atoms in total. The number of hydrogen-bond donors (Lipinski definition) is 5. The molecule has 4 aromatic rings. The van der Waals surface area contributed by atoms with Gasteiger partial charge in [0.15, 0.2) is 17.3 Å². The summed E-state index contributed by atoms with van der Waals surface area (Å²) in [6.45, 7) is -0.124. The first-order valence-electron chi connectivity index (χ1n) is 12.8. The van der Waals surface area contributed by atoms with E-state index >= 15 is 4.39 Å². The SMILES string of the molecule is N=C/C=C(/Oc1ccc(NC(=O)C2(C(=O)Nc3ccc(F)cc3)CC2)cc1F)c1[nH]ccc1-c1cccc(CO)c1. The highest BCUT2D eigenvalue weighted by Crippen LogP contribution is 2.47. The topological polar surface area (TPSA) is 127 Å². The normalized spacial score (nSPS) is 13.8. The predicted molar refractivity (Wildman–Crippen MR) is 151 cm³/mol. The van der Waals surface area contributed by atoms with Crippen molar-refractivity contribution in [3.63, 3.8) is 0 Å². The Morgan fingerprint density at radius 2 is 1.68 bits per heavy atom. The van der Waals surface area contributed by atoms with Crippen LogP contribution in [0.3, 0.4) is 0 Å². The van der Waals surface area contributed by atoms with Crippen molar-refractivity contribution in [2.75, 3.05) is 10.6 Å². The molecule has 5 N–H and O–H groups in total. The molecule has 208 valence electrons. The smallest absolute Gasteiger partial charge is 0.240 e. The van der Waals surface area contributed by atoms with Crippen molar-refractivity contribution in [2.24, 2.45) is 5.41 Å². The van der Waals surface area contributed by atoms with Crippen LogP contribution in [0.1, 0.15) is 24.1 Å². The Hall–Kier alpha value is -5.09. The van der Waals surface area contributed by atoms with E-state index in [0.717, 1.165) is 29.0 Å². The molecule has 41 heavy (non-hydrogen) atoms. The van der Waals surface area contributed by atoms with Gasteiger partial charge in [-0.2, -0.15) is 0 Å². The average molecular weight is 557 g/mol. The fraction of sp³-hybridized carbons (Fsp3) is 0.129. The number of carbonyl (C=O) groups is 2. The standard InChI is InChI=1S/C31H26F2N4O4/c32-21-4-6-22(7-5-21)36-29(39)31(12-13-31)30(40)37-23-8-9-26(25(33)17-23)41-27(10-14-34)28-24(11-15-35-28)20-3-1-2-19(16-20)18-38/h1-11,14-17,34-35,38H,12-13,18H2,(H,36,39)(H,37,40)/b27-10+,34-14?. The number of benzene rings is 3. The summed E-state index contributed by atoms with van der Waals surface area (Å²) < 4.78 is 34.2. The molecule has 1 aromatic heterocycles. The van der Waals surface area contributed by atoms with Crippen molar-refractivity contribution >= 4 is 35.2 Å². The van der Waals surface area contributed by atoms with Crippen LogP contribution >= 0.6 is 0 Å². The molecule has 1 aliphatic rings. The maximum Gasteiger partial charge on any atom is 0.240 e. The van der Waals surface area contributed by atoms with Crippen LogP contribution in [-0.2, 0) is 16.2 Å². The quantitative estimate of drug-likeness (QED) is 0.0950. The molecule has 1 aliphatic carbocycles. The summed E-state index contributed by atoms with van der Waals surface area (Å²) in [5, 5.41) is 22.3. The minimum absolute atomic E-state index is 0.124. The molecule has 0 bridgehead atoms. The molecule has 3 aromatic carbocycles. The van der Waals surface area contributed by atoms with Crippen LogP contribution in [0.2, 0.25) is 0 Å². The summed E-state index contributed by atoms with van der Waals surface area (Å²) in [5.74, 6) is -2.27. The fourth-order valence-electron chi connectivity index (χ4n) is 4.39. The van der Waals surface area contributed by atoms with Crippen molar-refractivity contribution < 1.29 is 28.2 Å². The second kappa shape index (κ2) is 11.6. The molecule has 0 aliphatic heterocycles. The Labute approximate surface area is 234 Å². The van der Waals surface area contributed by atoms with Gasteiger partial charge in [0.2, 0.25) is 11.8 Å². The Bertz CT molecular complexity index is 1640. The van der Waals surface area contributed by atoms with Crippen LogP contribution in [0.5, 0.6) is 5.75 Å². The summed E-state index contributed by atoms with van der Waals surface area (Å²) in [6.07, 6.45) is 4.73. The van der Waals surface area contributed by atoms with E-state index in [-0.39, 0.29) is 23.8 Å². The number of hydrogen-bond acceptors (Lipinski definition) is 5. The Morgan fingerprint density at radius 3 is 2.34 bits per heavy atom. The van der Waals surface area contributed by atoms with E-state index < -0.39 is 28.9 Å². The van der Waals surface area contributed by atoms with E-state index in [1.165, 1.54) is 42.5 Å². The number of carbonyl (C=O) groups excluding carboxylic acids is 2. The highest BCUT2D eigenvalue weighted by atomic mass is 19.1. The number of allylic oxidation sites excluding steroid dienone is 1. The number of aliphatic hydroxyl groups is 1. The third kappa shape index (κ3) is 5.92. The van der Waals surface area contributed by atoms with Gasteiger partial charge in [-0.05, 0) is 72.5 Å². The third-order valence-electron chi connectivity index (χ3n) is 6.78. The van der Waals surface area contributed by atoms with Crippen LogP contribution in [0.25, 0.3) is 16.9 Å². The molecule has 1 heterocycles. The minimum atomic E-state index is -1.29. The predicted octanol–water partition coefficient (Wildman–Crippen LogP) is 5.88. The summed E-state index contributed by atoms with van der Waals surface area (Å²) in [6, 6.07) is 18.2. The van der Waals surface area contributed by atoms with Gasteiger partial charge in [-0.15, -0.1) is 0 Å². The van der Waals surface area contributed by atoms with Gasteiger partial charge in [-0.25, -0.2) is 8.78 Å². The number of aromatic amines is 1. The van der Waals surface area contributed by atoms with Crippen LogP contribution in [-0.4, -0.2) is 28.1 Å². The zero-order valence-electron chi connectivity index (χ0n) is 21.7. The summed E-state index contributed by atoms with van der Waals surface area (Å²) >= 11 is 0. The molecular weight excluding hydrogens is 530 g/mol. The van der Waals surface area contributed by atoms with Gasteiger partial charge >= 0.3 is 0 Å². The molecule has 5 rings (SSSR count). The van der Waals surface area contributed by atoms with Gasteiger partial charge in [-0.1, -0.05) is 18.2 Å². The van der Waals surface area contributed by atoms with E-state index in [9.17, 15) is 19.1 Å². The molecular formula is C31H26F2N4O4. The molecule has 2 amide bonds. The lowest BCUT2D eigenvalue weighted by Gasteiger charge is -2.16. The van der Waals surface area contributed by atoms with E-state index in [0.29, 0.717) is 24.2 Å². The second-order valence-corrected chi connectivity index (χ2v) is 9.57. The molecule has 0 unspecified atom stereocenters. The first-order chi connectivity index (χ1) is 19.8. The average Bonchev–Trinajstić information content (AvgIpc) is 3.65. The Kier molecular flexibility index (Phi) is 7.75. The monoisotopic (exact) mass is 556 g/mol. The highest BCUT2D eigenvalue weighted by molar-refractivity contribution is 6.16. The number of aliphatic hydroxyl groups excluding tert-OH is 1. The minimum Gasteiger partial charge on any atom is -0.452 e. The van der Waals surface area contributed by atoms with Gasteiger partial charge in [0.05, 0.1) is 12.3 Å². The van der Waals surface area contributed by atoms with Gasteiger partial charge in [-0.3, -0.25) is 9.59 Å². The zero-order chi connectivity index (χ0) is 29.0. The maximum absolute atomic E-state index is 15.1. The molecule has 0 spiro atoms. The number of H-pyrrole nitrogens is 1. The Balaban J connectivity index is 1.30. The highest BCUT2D eigenvalue weighted by Gasteiger charge is 2.56. The van der Waals surface area contributed by atoms with E-state index in [1.807, 2.05) is 24.3 Å². The summed E-state index contributed by atoms with van der Waals surface area (Å²) in [4.78, 5) is 28.8. The van der Waals surface area contributed by atoms with Gasteiger partial charge in [0.25, 0.3) is 0 Å². The number of aromatic nitrogens is 1. The molecule has 1 saturated carbocycles. The number of amides is 2. The lowest BCUT2D eigenvalue weighted by atomic mass is 10.0. The van der Waals surface area contributed by atoms with Crippen molar-refractivity contribution in [1.82, 2.24) is 4.98 Å². The van der Waals surface area contributed by atoms with E-state index in [4.69, 9.17) is 10.1 Å². The zero-order valence-corrected chi connectivity index (χ0v) is 21.7. The Morgan fingerprint density at radius 1 is 0.976 bits per heavy atom. The number of anilines is 2. The summed E-state index contributed by atoms with van der Waals surface area (Å²) in [7, 11) is 0. The van der Waals surface area contributed by atoms with Crippen LogP contribution in [0, 0.1) is 22.5 Å². The first kappa shape index (κ1) is 27.5. The molecule has 0 atom stereocenters. The van der Waals surface area contributed by atoms with Gasteiger partial charge in [0, 0.05) is 41.5 Å². The van der Waals surface area contributed by atoms with E-state index in [2.05, 4.69) is 15.6 Å². The van der Waals surface area contributed by atoms with Crippen molar-refractivity contribution in [1.29, 1.82) is 5.41 Å². The van der Waals surface area contributed by atoms with Gasteiger partial charge in [0.1, 0.15) is 11.2 Å². The molecule has 10 heteroatoms. The molecule has 0 radical (unpaired) electrons.